The monoisotopic (exact) mass is 258 g/mol. The molecule has 1 fully saturated rings. The first-order valence-corrected chi connectivity index (χ1v) is 6.54. The summed E-state index contributed by atoms with van der Waals surface area (Å²) in [6.07, 6.45) is 0.0200. The van der Waals surface area contributed by atoms with Crippen molar-refractivity contribution in [3.63, 3.8) is 0 Å². The average Bonchev–Trinajstić information content (AvgIpc) is 2.82. The lowest BCUT2D eigenvalue weighted by Crippen LogP contribution is -2.49. The summed E-state index contributed by atoms with van der Waals surface area (Å²) < 4.78 is 5.40. The van der Waals surface area contributed by atoms with Crippen molar-refractivity contribution < 1.29 is 4.74 Å². The van der Waals surface area contributed by atoms with Gasteiger partial charge >= 0.3 is 0 Å². The molecule has 1 atom stereocenters. The predicted molar refractivity (Wildman–Crippen MR) is 73.8 cm³/mol. The minimum absolute atomic E-state index is 0.0200. The zero-order valence-electron chi connectivity index (χ0n) is 11.1. The molecule has 0 amide bonds. The third-order valence-electron chi connectivity index (χ3n) is 3.49. The molecular formula is C14H18N4O. The molecule has 5 heteroatoms. The molecule has 19 heavy (non-hydrogen) atoms. The van der Waals surface area contributed by atoms with Crippen LogP contribution in [0.1, 0.15) is 5.56 Å². The predicted octanol–water partition coefficient (Wildman–Crippen LogP) is 2.35. The Balaban J connectivity index is 1.84. The maximum atomic E-state index is 5.40. The van der Waals surface area contributed by atoms with Crippen LogP contribution in [-0.4, -0.2) is 37.4 Å². The van der Waals surface area contributed by atoms with E-state index in [1.54, 1.807) is 0 Å². The third-order valence-corrected chi connectivity index (χ3v) is 3.49. The molecule has 0 saturated carbocycles. The van der Waals surface area contributed by atoms with E-state index in [9.17, 15) is 0 Å². The summed E-state index contributed by atoms with van der Waals surface area (Å²) >= 11 is 0. The second-order valence-corrected chi connectivity index (χ2v) is 4.88. The summed E-state index contributed by atoms with van der Waals surface area (Å²) in [4.78, 5) is 2.31. The Morgan fingerprint density at radius 1 is 1.21 bits per heavy atom. The molecule has 2 aliphatic rings. The highest BCUT2D eigenvalue weighted by Gasteiger charge is 2.33. The largest absolute Gasteiger partial charge is 0.379 e. The van der Waals surface area contributed by atoms with E-state index < -0.39 is 0 Å². The Morgan fingerprint density at radius 2 is 1.89 bits per heavy atom. The van der Waals surface area contributed by atoms with Gasteiger partial charge in [0.05, 0.1) is 24.6 Å². The molecule has 2 heterocycles. The maximum absolute atomic E-state index is 5.40. The number of hydrogen-bond donors (Lipinski definition) is 0. The first-order valence-electron chi connectivity index (χ1n) is 6.54. The number of rotatable bonds is 2. The highest BCUT2D eigenvalue weighted by atomic mass is 16.5. The summed E-state index contributed by atoms with van der Waals surface area (Å²) in [5, 5.41) is 10.3. The summed E-state index contributed by atoms with van der Waals surface area (Å²) in [5.74, 6) is 0. The normalized spacial score (nSPS) is 24.2. The average molecular weight is 258 g/mol. The van der Waals surface area contributed by atoms with E-state index >= 15 is 0 Å². The Labute approximate surface area is 113 Å². The third kappa shape index (κ3) is 2.39. The Hall–Kier alpha value is -1.72. The van der Waals surface area contributed by atoms with Gasteiger partial charge in [0.2, 0.25) is 0 Å². The molecule has 0 aromatic heterocycles. The van der Waals surface area contributed by atoms with E-state index in [0.29, 0.717) is 0 Å². The summed E-state index contributed by atoms with van der Waals surface area (Å²) in [5.41, 5.74) is 3.08. The van der Waals surface area contributed by atoms with Crippen molar-refractivity contribution in [2.75, 3.05) is 31.3 Å². The van der Waals surface area contributed by atoms with E-state index in [1.807, 2.05) is 5.01 Å². The van der Waals surface area contributed by atoms with Gasteiger partial charge in [-0.3, -0.25) is 4.90 Å². The number of benzene rings is 1. The van der Waals surface area contributed by atoms with Gasteiger partial charge in [-0.2, -0.15) is 0 Å². The quantitative estimate of drug-likeness (QED) is 0.817. The number of anilines is 1. The second-order valence-electron chi connectivity index (χ2n) is 4.88. The van der Waals surface area contributed by atoms with Crippen molar-refractivity contribution in [3.8, 4) is 0 Å². The molecule has 100 valence electrons. The fraction of sp³-hybridized carbons (Fsp3) is 0.429. The van der Waals surface area contributed by atoms with Gasteiger partial charge in [0.15, 0.2) is 6.17 Å². The number of ether oxygens (including phenoxy) is 1. The highest BCUT2D eigenvalue weighted by Crippen LogP contribution is 2.29. The van der Waals surface area contributed by atoms with Gasteiger partial charge in [-0.25, -0.2) is 5.01 Å². The molecule has 2 aliphatic heterocycles. The van der Waals surface area contributed by atoms with Crippen LogP contribution in [0.3, 0.4) is 0 Å². The van der Waals surface area contributed by atoms with Crippen molar-refractivity contribution in [1.29, 1.82) is 0 Å². The maximum Gasteiger partial charge on any atom is 0.150 e. The van der Waals surface area contributed by atoms with Crippen LogP contribution >= 0.6 is 0 Å². The van der Waals surface area contributed by atoms with Crippen LogP contribution < -0.4 is 5.01 Å². The van der Waals surface area contributed by atoms with Gasteiger partial charge in [-0.05, 0) is 19.1 Å². The van der Waals surface area contributed by atoms with Crippen LogP contribution in [-0.2, 0) is 4.74 Å². The van der Waals surface area contributed by atoms with Crippen molar-refractivity contribution in [1.82, 2.24) is 4.90 Å². The van der Waals surface area contributed by atoms with Gasteiger partial charge in [0.1, 0.15) is 0 Å². The van der Waals surface area contributed by atoms with Crippen molar-refractivity contribution in [2.24, 2.45) is 10.3 Å². The first kappa shape index (κ1) is 12.3. The van der Waals surface area contributed by atoms with Gasteiger partial charge in [-0.1, -0.05) is 29.5 Å². The van der Waals surface area contributed by atoms with E-state index in [-0.39, 0.29) is 6.17 Å². The Kier molecular flexibility index (Phi) is 3.31. The van der Waals surface area contributed by atoms with Crippen molar-refractivity contribution >= 4 is 5.69 Å². The minimum atomic E-state index is 0.0200. The molecule has 0 unspecified atom stereocenters. The lowest BCUT2D eigenvalue weighted by atomic mass is 10.2. The Morgan fingerprint density at radius 3 is 2.58 bits per heavy atom. The molecular weight excluding hydrogens is 240 g/mol. The van der Waals surface area contributed by atoms with E-state index in [1.165, 1.54) is 5.56 Å². The standard InChI is InChI=1S/C14H18N4O/c1-11-3-5-13(6-4-11)18-14(12(2)15-16-18)17-7-9-19-10-8-17/h3-6,14H,2,7-10H2,1H3/t14-/m1/s1. The molecule has 1 aromatic rings. The molecule has 0 radical (unpaired) electrons. The van der Waals surface area contributed by atoms with Gasteiger partial charge in [0.25, 0.3) is 0 Å². The van der Waals surface area contributed by atoms with E-state index in [4.69, 9.17) is 4.74 Å². The van der Waals surface area contributed by atoms with Crippen LogP contribution in [0.25, 0.3) is 0 Å². The lowest BCUT2D eigenvalue weighted by molar-refractivity contribution is 0.0247. The van der Waals surface area contributed by atoms with Crippen LogP contribution in [0.2, 0.25) is 0 Å². The van der Waals surface area contributed by atoms with Gasteiger partial charge < -0.3 is 4.74 Å². The molecule has 0 spiro atoms. The minimum Gasteiger partial charge on any atom is -0.379 e. The molecule has 0 aliphatic carbocycles. The summed E-state index contributed by atoms with van der Waals surface area (Å²) in [6, 6.07) is 8.31. The fourth-order valence-corrected chi connectivity index (χ4v) is 2.43. The smallest absolute Gasteiger partial charge is 0.150 e. The fourth-order valence-electron chi connectivity index (χ4n) is 2.43. The molecule has 1 aromatic carbocycles. The van der Waals surface area contributed by atoms with Crippen LogP contribution in [0.4, 0.5) is 5.69 Å². The van der Waals surface area contributed by atoms with E-state index in [2.05, 4.69) is 53.0 Å². The molecule has 5 nitrogen and oxygen atoms in total. The number of aryl methyl sites for hydroxylation is 1. The topological polar surface area (TPSA) is 40.4 Å². The van der Waals surface area contributed by atoms with Gasteiger partial charge in [-0.15, -0.1) is 5.11 Å². The summed E-state index contributed by atoms with van der Waals surface area (Å²) in [7, 11) is 0. The van der Waals surface area contributed by atoms with E-state index in [0.717, 1.165) is 37.7 Å². The number of nitrogens with zero attached hydrogens (tertiary/aromatic N) is 4. The zero-order valence-corrected chi connectivity index (χ0v) is 11.1. The molecule has 3 rings (SSSR count). The SMILES string of the molecule is C=C1N=NN(c2ccc(C)cc2)[C@H]1N1CCOCC1. The molecule has 1 saturated heterocycles. The van der Waals surface area contributed by atoms with Gasteiger partial charge in [0, 0.05) is 13.1 Å². The lowest BCUT2D eigenvalue weighted by Gasteiger charge is -2.35. The number of hydrogen-bond acceptors (Lipinski definition) is 5. The van der Waals surface area contributed by atoms with Crippen molar-refractivity contribution in [2.45, 2.75) is 13.1 Å². The molecule has 0 N–H and O–H groups in total. The highest BCUT2D eigenvalue weighted by molar-refractivity contribution is 5.50. The van der Waals surface area contributed by atoms with Crippen LogP contribution in [0, 0.1) is 6.92 Å². The van der Waals surface area contributed by atoms with Crippen LogP contribution in [0.15, 0.2) is 46.9 Å². The summed E-state index contributed by atoms with van der Waals surface area (Å²) in [6.45, 7) is 9.38. The molecule has 0 bridgehead atoms. The first-order chi connectivity index (χ1) is 9.25. The second kappa shape index (κ2) is 5.11. The van der Waals surface area contributed by atoms with Crippen LogP contribution in [0.5, 0.6) is 0 Å². The van der Waals surface area contributed by atoms with Crippen molar-refractivity contribution in [3.05, 3.63) is 42.1 Å². The number of morpholine rings is 1. The zero-order chi connectivity index (χ0) is 13.2. The Bertz CT molecular complexity index is 491.